The monoisotopic (exact) mass is 273 g/mol. The van der Waals surface area contributed by atoms with Gasteiger partial charge in [0.1, 0.15) is 11.6 Å². The van der Waals surface area contributed by atoms with Crippen LogP contribution in [0, 0.1) is 27.4 Å². The molecule has 0 amide bonds. The highest BCUT2D eigenvalue weighted by molar-refractivity contribution is 5.59. The number of nitriles is 1. The van der Waals surface area contributed by atoms with Gasteiger partial charge in [-0.1, -0.05) is 19.3 Å². The molecule has 0 N–H and O–H groups in total. The van der Waals surface area contributed by atoms with Crippen LogP contribution in [-0.4, -0.2) is 18.5 Å². The van der Waals surface area contributed by atoms with Gasteiger partial charge in [0.25, 0.3) is 5.69 Å². The number of anilines is 1. The maximum Gasteiger partial charge on any atom is 0.287 e. The first-order valence-electron chi connectivity index (χ1n) is 7.01. The van der Waals surface area contributed by atoms with Crippen LogP contribution in [0.15, 0.2) is 18.2 Å². The number of rotatable bonds is 4. The minimum absolute atomic E-state index is 0.123. The molecular formula is C15H19N3O2. The van der Waals surface area contributed by atoms with Gasteiger partial charge in [0, 0.05) is 25.3 Å². The molecule has 0 saturated heterocycles. The zero-order chi connectivity index (χ0) is 14.5. The van der Waals surface area contributed by atoms with Crippen LogP contribution in [0.1, 0.15) is 37.7 Å². The molecule has 0 heterocycles. The van der Waals surface area contributed by atoms with E-state index in [-0.39, 0.29) is 11.3 Å². The van der Waals surface area contributed by atoms with Gasteiger partial charge in [-0.25, -0.2) is 0 Å². The molecule has 1 saturated carbocycles. The maximum absolute atomic E-state index is 10.8. The van der Waals surface area contributed by atoms with Crippen LogP contribution in [0.2, 0.25) is 0 Å². The number of benzene rings is 1. The Balaban J connectivity index is 2.11. The summed E-state index contributed by atoms with van der Waals surface area (Å²) in [5.41, 5.74) is 0.878. The average Bonchev–Trinajstić information content (AvgIpc) is 2.47. The van der Waals surface area contributed by atoms with Crippen molar-refractivity contribution in [1.82, 2.24) is 0 Å². The molecule has 1 aromatic rings. The Morgan fingerprint density at radius 1 is 1.40 bits per heavy atom. The minimum atomic E-state index is -0.510. The topological polar surface area (TPSA) is 70.2 Å². The van der Waals surface area contributed by atoms with E-state index in [4.69, 9.17) is 5.26 Å². The molecule has 1 aromatic carbocycles. The van der Waals surface area contributed by atoms with E-state index >= 15 is 0 Å². The smallest absolute Gasteiger partial charge is 0.287 e. The van der Waals surface area contributed by atoms with Crippen molar-refractivity contribution in [1.29, 1.82) is 5.26 Å². The van der Waals surface area contributed by atoms with Crippen LogP contribution in [-0.2, 0) is 0 Å². The molecule has 1 aliphatic rings. The summed E-state index contributed by atoms with van der Waals surface area (Å²) in [5, 5.41) is 19.8. The molecule has 5 heteroatoms. The number of hydrogen-bond donors (Lipinski definition) is 0. The van der Waals surface area contributed by atoms with E-state index in [0.29, 0.717) is 5.92 Å². The van der Waals surface area contributed by atoms with Gasteiger partial charge in [-0.3, -0.25) is 10.1 Å². The fourth-order valence-electron chi connectivity index (χ4n) is 2.87. The van der Waals surface area contributed by atoms with Crippen LogP contribution in [0.4, 0.5) is 11.4 Å². The quantitative estimate of drug-likeness (QED) is 0.622. The van der Waals surface area contributed by atoms with Gasteiger partial charge in [-0.15, -0.1) is 0 Å². The Bertz CT molecular complexity index is 530. The zero-order valence-electron chi connectivity index (χ0n) is 11.7. The van der Waals surface area contributed by atoms with E-state index in [1.807, 2.05) is 13.1 Å². The second kappa shape index (κ2) is 6.38. The van der Waals surface area contributed by atoms with E-state index in [1.165, 1.54) is 38.2 Å². The molecule has 0 aliphatic heterocycles. The third kappa shape index (κ3) is 3.27. The lowest BCUT2D eigenvalue weighted by Crippen LogP contribution is -2.26. The first kappa shape index (κ1) is 14.3. The van der Waals surface area contributed by atoms with Crippen molar-refractivity contribution >= 4 is 11.4 Å². The fourth-order valence-corrected chi connectivity index (χ4v) is 2.87. The van der Waals surface area contributed by atoms with Gasteiger partial charge < -0.3 is 4.90 Å². The molecular weight excluding hydrogens is 254 g/mol. The SMILES string of the molecule is CN(CC1CCCCC1)c1ccc([N+](=O)[O-])c(C#N)c1. The number of nitrogens with zero attached hydrogens (tertiary/aromatic N) is 3. The van der Waals surface area contributed by atoms with Gasteiger partial charge in [0.2, 0.25) is 0 Å². The number of nitro benzene ring substituents is 1. The predicted molar refractivity (Wildman–Crippen MR) is 77.7 cm³/mol. The lowest BCUT2D eigenvalue weighted by atomic mass is 9.89. The van der Waals surface area contributed by atoms with Crippen molar-refractivity contribution in [3.63, 3.8) is 0 Å². The Morgan fingerprint density at radius 3 is 2.70 bits per heavy atom. The Kier molecular flexibility index (Phi) is 4.57. The summed E-state index contributed by atoms with van der Waals surface area (Å²) in [5.74, 6) is 0.689. The van der Waals surface area contributed by atoms with Gasteiger partial charge >= 0.3 is 0 Å². The van der Waals surface area contributed by atoms with Gasteiger partial charge in [-0.05, 0) is 30.9 Å². The van der Waals surface area contributed by atoms with Gasteiger partial charge in [-0.2, -0.15) is 5.26 Å². The molecule has 1 aliphatic carbocycles. The van der Waals surface area contributed by atoms with Gasteiger partial charge in [0.05, 0.1) is 4.92 Å². The van der Waals surface area contributed by atoms with Crippen molar-refractivity contribution in [2.75, 3.05) is 18.5 Å². The summed E-state index contributed by atoms with van der Waals surface area (Å²) in [6, 6.07) is 6.67. The van der Waals surface area contributed by atoms with Crippen LogP contribution in [0.3, 0.4) is 0 Å². The van der Waals surface area contributed by atoms with E-state index < -0.39 is 4.92 Å². The summed E-state index contributed by atoms with van der Waals surface area (Å²) in [4.78, 5) is 12.4. The summed E-state index contributed by atoms with van der Waals surface area (Å²) in [6.07, 6.45) is 6.42. The summed E-state index contributed by atoms with van der Waals surface area (Å²) >= 11 is 0. The van der Waals surface area contributed by atoms with Crippen LogP contribution < -0.4 is 4.90 Å². The lowest BCUT2D eigenvalue weighted by Gasteiger charge is -2.28. The highest BCUT2D eigenvalue weighted by Gasteiger charge is 2.18. The Labute approximate surface area is 119 Å². The molecule has 0 atom stereocenters. The van der Waals surface area contributed by atoms with Crippen molar-refractivity contribution < 1.29 is 4.92 Å². The third-order valence-electron chi connectivity index (χ3n) is 3.99. The maximum atomic E-state index is 10.8. The largest absolute Gasteiger partial charge is 0.374 e. The summed E-state index contributed by atoms with van der Waals surface area (Å²) < 4.78 is 0. The van der Waals surface area contributed by atoms with E-state index in [2.05, 4.69) is 4.90 Å². The molecule has 2 rings (SSSR count). The van der Waals surface area contributed by atoms with E-state index in [9.17, 15) is 10.1 Å². The summed E-state index contributed by atoms with van der Waals surface area (Å²) in [6.45, 7) is 0.947. The molecule has 106 valence electrons. The highest BCUT2D eigenvalue weighted by atomic mass is 16.6. The molecule has 1 fully saturated rings. The van der Waals surface area contributed by atoms with E-state index in [0.717, 1.165) is 12.2 Å². The van der Waals surface area contributed by atoms with Crippen molar-refractivity contribution in [2.24, 2.45) is 5.92 Å². The van der Waals surface area contributed by atoms with Crippen molar-refractivity contribution in [2.45, 2.75) is 32.1 Å². The first-order valence-corrected chi connectivity index (χ1v) is 7.01. The second-order valence-electron chi connectivity index (χ2n) is 5.45. The Morgan fingerprint density at radius 2 is 2.10 bits per heavy atom. The molecule has 0 spiro atoms. The minimum Gasteiger partial charge on any atom is -0.374 e. The number of hydrogen-bond acceptors (Lipinski definition) is 4. The van der Waals surface area contributed by atoms with Crippen molar-refractivity contribution in [3.05, 3.63) is 33.9 Å². The molecule has 5 nitrogen and oxygen atoms in total. The fraction of sp³-hybridized carbons (Fsp3) is 0.533. The summed E-state index contributed by atoms with van der Waals surface area (Å²) in [7, 11) is 1.98. The number of nitro groups is 1. The van der Waals surface area contributed by atoms with Crippen molar-refractivity contribution in [3.8, 4) is 6.07 Å². The average molecular weight is 273 g/mol. The zero-order valence-corrected chi connectivity index (χ0v) is 11.7. The first-order chi connectivity index (χ1) is 9.61. The Hall–Kier alpha value is -2.09. The van der Waals surface area contributed by atoms with Gasteiger partial charge in [0.15, 0.2) is 0 Å². The molecule has 20 heavy (non-hydrogen) atoms. The highest BCUT2D eigenvalue weighted by Crippen LogP contribution is 2.28. The van der Waals surface area contributed by atoms with Crippen LogP contribution >= 0.6 is 0 Å². The lowest BCUT2D eigenvalue weighted by molar-refractivity contribution is -0.385. The second-order valence-corrected chi connectivity index (χ2v) is 5.45. The standard InChI is InChI=1S/C15H19N3O2/c1-17(11-12-5-3-2-4-6-12)14-7-8-15(18(19)20)13(9-14)10-16/h7-9,12H,2-6,11H2,1H3. The predicted octanol–water partition coefficient (Wildman–Crippen LogP) is 3.48. The molecule has 0 aromatic heterocycles. The normalized spacial score (nSPS) is 15.6. The molecule has 0 radical (unpaired) electrons. The van der Waals surface area contributed by atoms with Crippen LogP contribution in [0.5, 0.6) is 0 Å². The third-order valence-corrected chi connectivity index (χ3v) is 3.99. The molecule has 0 unspecified atom stereocenters. The van der Waals surface area contributed by atoms with Crippen LogP contribution in [0.25, 0.3) is 0 Å². The molecule has 0 bridgehead atoms. The van der Waals surface area contributed by atoms with E-state index in [1.54, 1.807) is 12.1 Å².